The molecule has 60 valence electrons. The molecule has 1 rings (SSSR count). The molecule has 2 nitrogen and oxygen atoms in total. The average molecular weight is 168 g/mol. The van der Waals surface area contributed by atoms with Crippen LogP contribution in [0.1, 0.15) is 13.8 Å². The fraction of sp³-hybridized carbons (Fsp3) is 0.375. The molecule has 0 aliphatic carbocycles. The van der Waals surface area contributed by atoms with E-state index in [-0.39, 0.29) is 0 Å². The Balaban J connectivity index is 2.73. The van der Waals surface area contributed by atoms with Crippen LogP contribution in [-0.2, 0) is 6.54 Å². The molecule has 11 heavy (non-hydrogen) atoms. The summed E-state index contributed by atoms with van der Waals surface area (Å²) >= 11 is 1.46. The second kappa shape index (κ2) is 3.53. The summed E-state index contributed by atoms with van der Waals surface area (Å²) < 4.78 is 1.91. The quantitative estimate of drug-likeness (QED) is 0.654. The lowest BCUT2D eigenvalue weighted by molar-refractivity contribution is 0.774. The molecule has 0 fully saturated rings. The Morgan fingerprint density at radius 1 is 1.73 bits per heavy atom. The zero-order valence-corrected chi connectivity index (χ0v) is 7.61. The number of rotatable bonds is 2. The molecule has 1 aromatic heterocycles. The summed E-state index contributed by atoms with van der Waals surface area (Å²) in [6, 6.07) is 0. The van der Waals surface area contributed by atoms with Gasteiger partial charge in [-0.3, -0.25) is 5.41 Å². The molecule has 0 atom stereocenters. The largest absolute Gasteiger partial charge is 0.320 e. The van der Waals surface area contributed by atoms with Gasteiger partial charge in [0.1, 0.15) is 0 Å². The van der Waals surface area contributed by atoms with E-state index in [0.717, 1.165) is 6.54 Å². The summed E-state index contributed by atoms with van der Waals surface area (Å²) in [6.45, 7) is 4.96. The molecule has 3 heteroatoms. The first-order chi connectivity index (χ1) is 5.20. The lowest BCUT2D eigenvalue weighted by Crippen LogP contribution is -2.10. The van der Waals surface area contributed by atoms with Gasteiger partial charge in [-0.05, 0) is 13.8 Å². The van der Waals surface area contributed by atoms with Gasteiger partial charge in [0.2, 0.25) is 0 Å². The van der Waals surface area contributed by atoms with E-state index in [1.54, 1.807) is 0 Å². The fourth-order valence-electron chi connectivity index (χ4n) is 0.728. The first-order valence-electron chi connectivity index (χ1n) is 3.52. The van der Waals surface area contributed by atoms with E-state index in [9.17, 15) is 0 Å². The van der Waals surface area contributed by atoms with Gasteiger partial charge in [0.25, 0.3) is 0 Å². The van der Waals surface area contributed by atoms with Crippen molar-refractivity contribution in [3.8, 4) is 0 Å². The predicted octanol–water partition coefficient (Wildman–Crippen LogP) is 2.00. The van der Waals surface area contributed by atoms with Crippen LogP contribution in [0.5, 0.6) is 0 Å². The van der Waals surface area contributed by atoms with E-state index in [0.29, 0.717) is 4.80 Å². The Kier molecular flexibility index (Phi) is 2.65. The van der Waals surface area contributed by atoms with Crippen LogP contribution >= 0.6 is 11.3 Å². The van der Waals surface area contributed by atoms with Crippen LogP contribution in [0.3, 0.4) is 0 Å². The van der Waals surface area contributed by atoms with Crippen molar-refractivity contribution in [1.82, 2.24) is 4.57 Å². The third kappa shape index (κ3) is 2.35. The minimum atomic E-state index is 0.613. The molecule has 0 saturated heterocycles. The molecule has 0 aliphatic heterocycles. The van der Waals surface area contributed by atoms with E-state index in [4.69, 9.17) is 5.41 Å². The molecular formula is C8H12N2S. The molecule has 0 spiro atoms. The lowest BCUT2D eigenvalue weighted by Gasteiger charge is -1.95. The maximum atomic E-state index is 7.45. The summed E-state index contributed by atoms with van der Waals surface area (Å²) in [7, 11) is 0. The standard InChI is InChI=1S/C8H12N2S/c1-7(2)3-4-10-5-6-11-8(10)9/h3,5-6,9H,4H2,1-2H3. The molecule has 0 aliphatic rings. The monoisotopic (exact) mass is 168 g/mol. The lowest BCUT2D eigenvalue weighted by atomic mass is 10.3. The van der Waals surface area contributed by atoms with Crippen LogP contribution < -0.4 is 4.80 Å². The summed E-state index contributed by atoms with van der Waals surface area (Å²) in [6.07, 6.45) is 4.05. The molecule has 0 unspecified atom stereocenters. The number of nitrogens with zero attached hydrogens (tertiary/aromatic N) is 1. The van der Waals surface area contributed by atoms with Crippen LogP contribution in [0.15, 0.2) is 23.2 Å². The molecular weight excluding hydrogens is 156 g/mol. The highest BCUT2D eigenvalue weighted by Gasteiger charge is 1.88. The summed E-state index contributed by atoms with van der Waals surface area (Å²) in [4.78, 5) is 0.613. The van der Waals surface area contributed by atoms with Crippen LogP contribution in [0.2, 0.25) is 0 Å². The van der Waals surface area contributed by atoms with Gasteiger partial charge >= 0.3 is 0 Å². The smallest absolute Gasteiger partial charge is 0.182 e. The average Bonchev–Trinajstić information content (AvgIpc) is 2.31. The maximum absolute atomic E-state index is 7.45. The SMILES string of the molecule is CC(C)=CCn1ccsc1=N. The van der Waals surface area contributed by atoms with Crippen molar-refractivity contribution in [1.29, 1.82) is 5.41 Å². The van der Waals surface area contributed by atoms with Gasteiger partial charge in [-0.15, -0.1) is 11.3 Å². The van der Waals surface area contributed by atoms with Gasteiger partial charge in [-0.2, -0.15) is 0 Å². The van der Waals surface area contributed by atoms with E-state index in [1.165, 1.54) is 16.9 Å². The minimum absolute atomic E-state index is 0.613. The summed E-state index contributed by atoms with van der Waals surface area (Å²) in [5.74, 6) is 0. The second-order valence-corrected chi connectivity index (χ2v) is 3.54. The van der Waals surface area contributed by atoms with Crippen molar-refractivity contribution in [2.24, 2.45) is 0 Å². The van der Waals surface area contributed by atoms with Gasteiger partial charge < -0.3 is 4.57 Å². The van der Waals surface area contributed by atoms with Gasteiger partial charge in [-0.1, -0.05) is 11.6 Å². The van der Waals surface area contributed by atoms with Crippen molar-refractivity contribution in [3.63, 3.8) is 0 Å². The Morgan fingerprint density at radius 2 is 2.45 bits per heavy atom. The highest BCUT2D eigenvalue weighted by atomic mass is 32.1. The fourth-order valence-corrected chi connectivity index (χ4v) is 1.34. The van der Waals surface area contributed by atoms with Gasteiger partial charge in [0.15, 0.2) is 4.80 Å². The van der Waals surface area contributed by atoms with Gasteiger partial charge in [0.05, 0.1) is 0 Å². The third-order valence-corrected chi connectivity index (χ3v) is 2.09. The number of aromatic nitrogens is 1. The number of hydrogen-bond acceptors (Lipinski definition) is 2. The molecule has 0 amide bonds. The highest BCUT2D eigenvalue weighted by Crippen LogP contribution is 1.93. The summed E-state index contributed by atoms with van der Waals surface area (Å²) in [5, 5.41) is 9.38. The first kappa shape index (κ1) is 8.27. The Hall–Kier alpha value is -0.830. The molecule has 0 bridgehead atoms. The molecule has 0 saturated carbocycles. The van der Waals surface area contributed by atoms with Gasteiger partial charge in [-0.25, -0.2) is 0 Å². The van der Waals surface area contributed by atoms with Crippen molar-refractivity contribution in [2.75, 3.05) is 0 Å². The first-order valence-corrected chi connectivity index (χ1v) is 4.40. The molecule has 0 aromatic carbocycles. The van der Waals surface area contributed by atoms with E-state index in [1.807, 2.05) is 16.1 Å². The predicted molar refractivity (Wildman–Crippen MR) is 47.6 cm³/mol. The number of allylic oxidation sites excluding steroid dienone is 2. The molecule has 0 radical (unpaired) electrons. The summed E-state index contributed by atoms with van der Waals surface area (Å²) in [5.41, 5.74) is 1.29. The van der Waals surface area contributed by atoms with E-state index < -0.39 is 0 Å². The second-order valence-electron chi connectivity index (χ2n) is 2.64. The minimum Gasteiger partial charge on any atom is -0.320 e. The number of hydrogen-bond donors (Lipinski definition) is 1. The van der Waals surface area contributed by atoms with Gasteiger partial charge in [0, 0.05) is 18.1 Å². The Bertz CT molecular complexity index is 302. The molecule has 1 aromatic rings. The van der Waals surface area contributed by atoms with Crippen LogP contribution in [0, 0.1) is 5.41 Å². The maximum Gasteiger partial charge on any atom is 0.182 e. The zero-order valence-electron chi connectivity index (χ0n) is 6.79. The molecule has 1 N–H and O–H groups in total. The van der Waals surface area contributed by atoms with Crippen LogP contribution in [-0.4, -0.2) is 4.57 Å². The Morgan fingerprint density at radius 3 is 2.91 bits per heavy atom. The van der Waals surface area contributed by atoms with Crippen LogP contribution in [0.25, 0.3) is 0 Å². The highest BCUT2D eigenvalue weighted by molar-refractivity contribution is 7.06. The molecule has 1 heterocycles. The van der Waals surface area contributed by atoms with Crippen molar-refractivity contribution < 1.29 is 0 Å². The van der Waals surface area contributed by atoms with Crippen LogP contribution in [0.4, 0.5) is 0 Å². The van der Waals surface area contributed by atoms with E-state index in [2.05, 4.69) is 19.9 Å². The van der Waals surface area contributed by atoms with Crippen molar-refractivity contribution in [2.45, 2.75) is 20.4 Å². The van der Waals surface area contributed by atoms with E-state index >= 15 is 0 Å². The Labute approximate surface area is 70.3 Å². The van der Waals surface area contributed by atoms with Crippen molar-refractivity contribution in [3.05, 3.63) is 28.0 Å². The topological polar surface area (TPSA) is 28.8 Å². The normalized spacial score (nSPS) is 9.64. The number of nitrogens with one attached hydrogen (secondary N) is 1. The third-order valence-electron chi connectivity index (χ3n) is 1.38. The van der Waals surface area contributed by atoms with Crippen molar-refractivity contribution >= 4 is 11.3 Å². The number of thiazole rings is 1. The zero-order chi connectivity index (χ0) is 8.27.